The number of imidazole rings is 1. The molecule has 1 saturated heterocycles. The third kappa shape index (κ3) is 4.01. The van der Waals surface area contributed by atoms with Gasteiger partial charge < -0.3 is 14.8 Å². The van der Waals surface area contributed by atoms with E-state index in [1.54, 1.807) is 6.20 Å². The normalized spacial score (nSPS) is 14.8. The third-order valence-electron chi connectivity index (χ3n) is 5.78. The predicted molar refractivity (Wildman–Crippen MR) is 115 cm³/mol. The number of urea groups is 1. The van der Waals surface area contributed by atoms with Crippen LogP contribution in [0.1, 0.15) is 35.7 Å². The lowest BCUT2D eigenvalue weighted by atomic mass is 10.0. The minimum Gasteiger partial charge on any atom is -0.325 e. The van der Waals surface area contributed by atoms with Crippen molar-refractivity contribution in [2.75, 3.05) is 18.4 Å². The topological polar surface area (TPSA) is 63.1 Å². The van der Waals surface area contributed by atoms with Crippen molar-refractivity contribution in [3.63, 3.8) is 0 Å². The summed E-state index contributed by atoms with van der Waals surface area (Å²) in [5, 5.41) is 3.04. The van der Waals surface area contributed by atoms with E-state index in [1.807, 2.05) is 47.6 Å². The van der Waals surface area contributed by atoms with Gasteiger partial charge in [0.05, 0.1) is 0 Å². The minimum absolute atomic E-state index is 0.0264. The van der Waals surface area contributed by atoms with Crippen molar-refractivity contribution in [1.29, 1.82) is 0 Å². The minimum atomic E-state index is -0.0264. The molecule has 1 N–H and O–H groups in total. The number of piperidine rings is 1. The molecule has 150 valence electrons. The van der Waals surface area contributed by atoms with Crippen LogP contribution in [-0.4, -0.2) is 38.6 Å². The number of benzene rings is 1. The van der Waals surface area contributed by atoms with Crippen LogP contribution in [0.2, 0.25) is 0 Å². The average molecular weight is 390 g/mol. The van der Waals surface area contributed by atoms with Gasteiger partial charge in [-0.1, -0.05) is 6.07 Å². The lowest BCUT2D eigenvalue weighted by molar-refractivity contribution is 0.183. The summed E-state index contributed by atoms with van der Waals surface area (Å²) in [5.41, 5.74) is 5.42. The molecule has 3 heterocycles. The van der Waals surface area contributed by atoms with Gasteiger partial charge in [0, 0.05) is 54.7 Å². The maximum absolute atomic E-state index is 12.7. The van der Waals surface area contributed by atoms with E-state index < -0.39 is 0 Å². The van der Waals surface area contributed by atoms with Crippen molar-refractivity contribution < 1.29 is 4.79 Å². The van der Waals surface area contributed by atoms with Gasteiger partial charge in [-0.2, -0.15) is 0 Å². The Kier molecular flexibility index (Phi) is 5.34. The molecule has 6 nitrogen and oxygen atoms in total. The first-order chi connectivity index (χ1) is 14.0. The summed E-state index contributed by atoms with van der Waals surface area (Å²) in [6, 6.07) is 10.3. The number of hydrogen-bond donors (Lipinski definition) is 1. The van der Waals surface area contributed by atoms with Gasteiger partial charge >= 0.3 is 6.03 Å². The first-order valence-electron chi connectivity index (χ1n) is 10.1. The van der Waals surface area contributed by atoms with Crippen LogP contribution in [0.4, 0.5) is 10.5 Å². The number of rotatable bonds is 3. The molecule has 4 rings (SSSR count). The second kappa shape index (κ2) is 8.07. The molecule has 2 amide bonds. The number of pyridine rings is 1. The number of carbonyl (C=O) groups excluding carboxylic acids is 1. The molecule has 0 aliphatic carbocycles. The predicted octanol–water partition coefficient (Wildman–Crippen LogP) is 4.74. The van der Waals surface area contributed by atoms with Crippen LogP contribution in [0.15, 0.2) is 48.9 Å². The molecule has 1 aromatic carbocycles. The molecule has 2 aromatic heterocycles. The average Bonchev–Trinajstić information content (AvgIpc) is 3.13. The molecule has 1 aliphatic heterocycles. The van der Waals surface area contributed by atoms with Crippen molar-refractivity contribution in [3.05, 3.63) is 65.7 Å². The van der Waals surface area contributed by atoms with E-state index in [-0.39, 0.29) is 6.03 Å². The van der Waals surface area contributed by atoms with Crippen LogP contribution >= 0.6 is 0 Å². The van der Waals surface area contributed by atoms with Crippen LogP contribution in [0, 0.1) is 20.8 Å². The molecule has 0 atom stereocenters. The molecule has 0 spiro atoms. The maximum atomic E-state index is 12.7. The lowest BCUT2D eigenvalue weighted by Crippen LogP contribution is -2.41. The fourth-order valence-electron chi connectivity index (χ4n) is 3.96. The number of amides is 2. The molecule has 0 saturated carbocycles. The molecule has 0 bridgehead atoms. The number of likely N-dealkylation sites (tertiary alicyclic amines) is 1. The number of aryl methyl sites for hydroxylation is 3. The summed E-state index contributed by atoms with van der Waals surface area (Å²) in [6.45, 7) is 7.68. The molecule has 6 heteroatoms. The first kappa shape index (κ1) is 19.2. The second-order valence-corrected chi connectivity index (χ2v) is 7.78. The molecule has 1 aliphatic rings. The Bertz CT molecular complexity index is 1000. The highest BCUT2D eigenvalue weighted by Gasteiger charge is 2.26. The summed E-state index contributed by atoms with van der Waals surface area (Å²) in [4.78, 5) is 23.4. The van der Waals surface area contributed by atoms with Gasteiger partial charge in [-0.3, -0.25) is 4.98 Å². The van der Waals surface area contributed by atoms with Crippen LogP contribution in [-0.2, 0) is 0 Å². The van der Waals surface area contributed by atoms with Crippen molar-refractivity contribution in [2.24, 2.45) is 0 Å². The number of carbonyl (C=O) groups is 1. The van der Waals surface area contributed by atoms with Gasteiger partial charge in [-0.05, 0) is 69.0 Å². The highest BCUT2D eigenvalue weighted by molar-refractivity contribution is 5.89. The van der Waals surface area contributed by atoms with Crippen molar-refractivity contribution in [2.45, 2.75) is 39.7 Å². The summed E-state index contributed by atoms with van der Waals surface area (Å²) < 4.78 is 2.30. The highest BCUT2D eigenvalue weighted by atomic mass is 16.2. The van der Waals surface area contributed by atoms with Gasteiger partial charge in [-0.25, -0.2) is 9.78 Å². The Morgan fingerprint density at radius 3 is 2.55 bits per heavy atom. The van der Waals surface area contributed by atoms with Gasteiger partial charge in [0.2, 0.25) is 0 Å². The first-order valence-corrected chi connectivity index (χ1v) is 10.1. The Morgan fingerprint density at radius 1 is 1.07 bits per heavy atom. The second-order valence-electron chi connectivity index (χ2n) is 7.78. The Morgan fingerprint density at radius 2 is 1.86 bits per heavy atom. The quantitative estimate of drug-likeness (QED) is 0.704. The van der Waals surface area contributed by atoms with E-state index in [0.29, 0.717) is 6.04 Å². The highest BCUT2D eigenvalue weighted by Crippen LogP contribution is 2.30. The lowest BCUT2D eigenvalue weighted by Gasteiger charge is -2.34. The maximum Gasteiger partial charge on any atom is 0.321 e. The van der Waals surface area contributed by atoms with E-state index >= 15 is 0 Å². The van der Waals surface area contributed by atoms with Crippen molar-refractivity contribution >= 4 is 11.7 Å². The number of hydrogen-bond acceptors (Lipinski definition) is 3. The zero-order chi connectivity index (χ0) is 20.4. The fourth-order valence-corrected chi connectivity index (χ4v) is 3.96. The largest absolute Gasteiger partial charge is 0.325 e. The SMILES string of the molecule is Cc1ccc(NC(=O)N2CCC(n3c(C)cnc3-c3cccnc3)CC2)cc1C. The Labute approximate surface area is 171 Å². The molecule has 3 aromatic rings. The van der Waals surface area contributed by atoms with Crippen LogP contribution in [0.25, 0.3) is 11.4 Å². The third-order valence-corrected chi connectivity index (χ3v) is 5.78. The van der Waals surface area contributed by atoms with Crippen molar-refractivity contribution in [3.8, 4) is 11.4 Å². The van der Waals surface area contributed by atoms with E-state index in [2.05, 4.69) is 40.6 Å². The van der Waals surface area contributed by atoms with E-state index in [0.717, 1.165) is 48.7 Å². The number of aromatic nitrogens is 3. The van der Waals surface area contributed by atoms with Crippen molar-refractivity contribution in [1.82, 2.24) is 19.4 Å². The molecular weight excluding hydrogens is 362 g/mol. The standard InChI is InChI=1S/C23H27N5O/c1-16-6-7-20(13-17(16)2)26-23(29)27-11-8-21(9-12-27)28-18(3)14-25-22(28)19-5-4-10-24-15-19/h4-7,10,13-15,21H,8-9,11-12H2,1-3H3,(H,26,29). The summed E-state index contributed by atoms with van der Waals surface area (Å²) in [6.07, 6.45) is 7.36. The molecule has 0 radical (unpaired) electrons. The molecule has 29 heavy (non-hydrogen) atoms. The van der Waals surface area contributed by atoms with Gasteiger partial charge in [0.25, 0.3) is 0 Å². The fraction of sp³-hybridized carbons (Fsp3) is 0.348. The summed E-state index contributed by atoms with van der Waals surface area (Å²) in [7, 11) is 0. The smallest absolute Gasteiger partial charge is 0.321 e. The zero-order valence-corrected chi connectivity index (χ0v) is 17.2. The van der Waals surface area contributed by atoms with Gasteiger partial charge in [0.1, 0.15) is 5.82 Å². The number of anilines is 1. The van der Waals surface area contributed by atoms with Crippen LogP contribution < -0.4 is 5.32 Å². The molecular formula is C23H27N5O. The summed E-state index contributed by atoms with van der Waals surface area (Å²) in [5.74, 6) is 0.952. The number of nitrogens with zero attached hydrogens (tertiary/aromatic N) is 4. The van der Waals surface area contributed by atoms with E-state index in [9.17, 15) is 4.79 Å². The Balaban J connectivity index is 1.43. The Hall–Kier alpha value is -3.15. The van der Waals surface area contributed by atoms with Gasteiger partial charge in [-0.15, -0.1) is 0 Å². The van der Waals surface area contributed by atoms with Crippen LogP contribution in [0.5, 0.6) is 0 Å². The summed E-state index contributed by atoms with van der Waals surface area (Å²) >= 11 is 0. The zero-order valence-electron chi connectivity index (χ0n) is 17.2. The van der Waals surface area contributed by atoms with Crippen LogP contribution in [0.3, 0.4) is 0 Å². The monoisotopic (exact) mass is 389 g/mol. The van der Waals surface area contributed by atoms with Gasteiger partial charge in [0.15, 0.2) is 0 Å². The number of nitrogens with one attached hydrogen (secondary N) is 1. The molecule has 1 fully saturated rings. The van der Waals surface area contributed by atoms with E-state index in [4.69, 9.17) is 0 Å². The molecule has 0 unspecified atom stereocenters. The van der Waals surface area contributed by atoms with E-state index in [1.165, 1.54) is 11.1 Å².